The Bertz CT molecular complexity index is 1010. The summed E-state index contributed by atoms with van der Waals surface area (Å²) in [5.41, 5.74) is 15.8. The van der Waals surface area contributed by atoms with Crippen molar-refractivity contribution in [3.8, 4) is 10.4 Å². The number of hydrogen-bond acceptors (Lipinski definition) is 8. The molecule has 0 radical (unpaired) electrons. The molecule has 1 saturated carbocycles. The van der Waals surface area contributed by atoms with E-state index in [-0.39, 0.29) is 17.6 Å². The fourth-order valence-corrected chi connectivity index (χ4v) is 4.34. The second-order valence-electron chi connectivity index (χ2n) is 7.62. The van der Waals surface area contributed by atoms with Crippen molar-refractivity contribution in [2.45, 2.75) is 38.3 Å². The number of nitrogens with two attached hydrogens (primary N) is 2. The van der Waals surface area contributed by atoms with E-state index in [1.807, 2.05) is 30.5 Å². The highest BCUT2D eigenvalue weighted by atomic mass is 32.1. The predicted octanol–water partition coefficient (Wildman–Crippen LogP) is 3.37. The van der Waals surface area contributed by atoms with Crippen molar-refractivity contribution in [3.63, 3.8) is 0 Å². The van der Waals surface area contributed by atoms with Crippen molar-refractivity contribution in [3.05, 3.63) is 47.7 Å². The van der Waals surface area contributed by atoms with Crippen LogP contribution in [0.5, 0.6) is 0 Å². The summed E-state index contributed by atoms with van der Waals surface area (Å²) in [4.78, 5) is 25.9. The van der Waals surface area contributed by atoms with Crippen molar-refractivity contribution in [2.24, 2.45) is 17.4 Å². The molecule has 1 unspecified atom stereocenters. The Labute approximate surface area is 179 Å². The molecule has 2 heterocycles. The Morgan fingerprint density at radius 2 is 2.00 bits per heavy atom. The molecule has 4 rings (SSSR count). The van der Waals surface area contributed by atoms with Gasteiger partial charge in [-0.05, 0) is 36.5 Å². The summed E-state index contributed by atoms with van der Waals surface area (Å²) in [5.74, 6) is 0.644. The maximum absolute atomic E-state index is 11.9. The van der Waals surface area contributed by atoms with Crippen LogP contribution in [0.25, 0.3) is 10.4 Å². The molecule has 156 valence electrons. The van der Waals surface area contributed by atoms with E-state index in [1.54, 1.807) is 16.8 Å². The highest BCUT2D eigenvalue weighted by molar-refractivity contribution is 7.13. The van der Waals surface area contributed by atoms with Gasteiger partial charge in [-0.1, -0.05) is 25.5 Å². The average molecular weight is 424 g/mol. The SMILES string of the molecule is CC1CCC[C@@H](Nc2ncc(C(N)=O)c(Nc3ccc(-c4cncs4)cc3)n2)[C@H]1N. The second-order valence-corrected chi connectivity index (χ2v) is 8.51. The Morgan fingerprint density at radius 3 is 2.70 bits per heavy atom. The number of nitrogens with one attached hydrogen (secondary N) is 2. The molecule has 1 aliphatic rings. The van der Waals surface area contributed by atoms with Crippen molar-refractivity contribution in [1.82, 2.24) is 15.0 Å². The van der Waals surface area contributed by atoms with Crippen LogP contribution in [0.15, 0.2) is 42.2 Å². The summed E-state index contributed by atoms with van der Waals surface area (Å²) in [6.45, 7) is 2.17. The molecule has 3 atom stereocenters. The number of carbonyl (C=O) groups excluding carboxylic acids is 1. The molecular weight excluding hydrogens is 398 g/mol. The molecule has 6 N–H and O–H groups in total. The van der Waals surface area contributed by atoms with Crippen molar-refractivity contribution in [2.75, 3.05) is 10.6 Å². The molecule has 0 bridgehead atoms. The molecule has 8 nitrogen and oxygen atoms in total. The predicted molar refractivity (Wildman–Crippen MR) is 120 cm³/mol. The van der Waals surface area contributed by atoms with Crippen LogP contribution in [-0.2, 0) is 0 Å². The molecular formula is C21H25N7OS. The first-order valence-corrected chi connectivity index (χ1v) is 10.8. The molecule has 9 heteroatoms. The normalized spacial score (nSPS) is 21.2. The smallest absolute Gasteiger partial charge is 0.254 e. The fraction of sp³-hybridized carbons (Fsp3) is 0.333. The van der Waals surface area contributed by atoms with Gasteiger partial charge in [0.1, 0.15) is 11.4 Å². The summed E-state index contributed by atoms with van der Waals surface area (Å²) in [6, 6.07) is 7.96. The van der Waals surface area contributed by atoms with Crippen LogP contribution in [0.2, 0.25) is 0 Å². The molecule has 0 spiro atoms. The third-order valence-corrected chi connectivity index (χ3v) is 6.35. The molecule has 1 fully saturated rings. The minimum atomic E-state index is -0.590. The van der Waals surface area contributed by atoms with Gasteiger partial charge in [-0.3, -0.25) is 9.78 Å². The summed E-state index contributed by atoms with van der Waals surface area (Å²) < 4.78 is 0. The van der Waals surface area contributed by atoms with Crippen molar-refractivity contribution in [1.29, 1.82) is 0 Å². The number of nitrogens with zero attached hydrogens (tertiary/aromatic N) is 3. The van der Waals surface area contributed by atoms with E-state index in [9.17, 15) is 4.79 Å². The first-order chi connectivity index (χ1) is 14.5. The quantitative estimate of drug-likeness (QED) is 0.478. The number of anilines is 3. The number of benzene rings is 1. The summed E-state index contributed by atoms with van der Waals surface area (Å²) >= 11 is 1.58. The third kappa shape index (κ3) is 4.42. The number of amides is 1. The van der Waals surface area contributed by atoms with E-state index in [0.29, 0.717) is 17.7 Å². The third-order valence-electron chi connectivity index (χ3n) is 5.53. The zero-order valence-corrected chi connectivity index (χ0v) is 17.5. The Balaban J connectivity index is 1.55. The average Bonchev–Trinajstić information content (AvgIpc) is 3.27. The van der Waals surface area contributed by atoms with E-state index in [2.05, 4.69) is 32.5 Å². The molecule has 1 aromatic carbocycles. The van der Waals surface area contributed by atoms with Crippen molar-refractivity contribution < 1.29 is 4.79 Å². The Hall–Kier alpha value is -3.04. The lowest BCUT2D eigenvalue weighted by molar-refractivity contribution is 0.100. The Kier molecular flexibility index (Phi) is 5.91. The summed E-state index contributed by atoms with van der Waals surface area (Å²) in [6.07, 6.45) is 6.49. The molecule has 1 amide bonds. The van der Waals surface area contributed by atoms with Gasteiger partial charge in [0.2, 0.25) is 5.95 Å². The van der Waals surface area contributed by atoms with Crippen LogP contribution < -0.4 is 22.1 Å². The zero-order valence-electron chi connectivity index (χ0n) is 16.7. The number of primary amides is 1. The minimum absolute atomic E-state index is 0.0360. The van der Waals surface area contributed by atoms with E-state index in [1.165, 1.54) is 6.20 Å². The molecule has 0 saturated heterocycles. The fourth-order valence-electron chi connectivity index (χ4n) is 3.72. The lowest BCUT2D eigenvalue weighted by atomic mass is 9.83. The zero-order chi connectivity index (χ0) is 21.1. The molecule has 1 aliphatic carbocycles. The molecule has 30 heavy (non-hydrogen) atoms. The van der Waals surface area contributed by atoms with Crippen LogP contribution >= 0.6 is 11.3 Å². The number of aromatic nitrogens is 3. The highest BCUT2D eigenvalue weighted by Crippen LogP contribution is 2.28. The number of rotatable bonds is 6. The monoisotopic (exact) mass is 423 g/mol. The van der Waals surface area contributed by atoms with Gasteiger partial charge < -0.3 is 22.1 Å². The van der Waals surface area contributed by atoms with E-state index in [4.69, 9.17) is 11.5 Å². The van der Waals surface area contributed by atoms with E-state index >= 15 is 0 Å². The van der Waals surface area contributed by atoms with Gasteiger partial charge in [0, 0.05) is 30.2 Å². The van der Waals surface area contributed by atoms with Crippen molar-refractivity contribution >= 4 is 34.7 Å². The maximum Gasteiger partial charge on any atom is 0.254 e. The minimum Gasteiger partial charge on any atom is -0.365 e. The van der Waals surface area contributed by atoms with Crippen LogP contribution in [0, 0.1) is 5.92 Å². The molecule has 3 aromatic rings. The van der Waals surface area contributed by atoms with Gasteiger partial charge in [-0.15, -0.1) is 11.3 Å². The number of thiazole rings is 1. The first-order valence-electron chi connectivity index (χ1n) is 9.96. The Morgan fingerprint density at radius 1 is 1.20 bits per heavy atom. The first kappa shape index (κ1) is 20.2. The van der Waals surface area contributed by atoms with Crippen LogP contribution in [0.4, 0.5) is 17.5 Å². The second kappa shape index (κ2) is 8.76. The van der Waals surface area contributed by atoms with Gasteiger partial charge in [-0.25, -0.2) is 4.98 Å². The summed E-state index contributed by atoms with van der Waals surface area (Å²) in [7, 11) is 0. The lowest BCUT2D eigenvalue weighted by Gasteiger charge is -2.34. The maximum atomic E-state index is 11.9. The number of hydrogen-bond donors (Lipinski definition) is 4. The van der Waals surface area contributed by atoms with Gasteiger partial charge in [0.05, 0.1) is 10.4 Å². The van der Waals surface area contributed by atoms with Gasteiger partial charge in [0.15, 0.2) is 0 Å². The van der Waals surface area contributed by atoms with Crippen LogP contribution in [0.3, 0.4) is 0 Å². The molecule has 0 aliphatic heterocycles. The molecule has 2 aromatic heterocycles. The van der Waals surface area contributed by atoms with Crippen LogP contribution in [-0.4, -0.2) is 32.9 Å². The van der Waals surface area contributed by atoms with E-state index in [0.717, 1.165) is 35.4 Å². The topological polar surface area (TPSA) is 132 Å². The van der Waals surface area contributed by atoms with Gasteiger partial charge in [0.25, 0.3) is 5.91 Å². The standard InChI is InChI=1S/C21H25N7OS/c1-12-3-2-4-16(18(12)22)27-21-25-9-15(19(23)29)20(28-21)26-14-7-5-13(6-8-14)17-10-24-11-30-17/h5-12,16,18H,2-4,22H2,1H3,(H2,23,29)(H2,25,26,27,28)/t12?,16-,18+/m1/s1. The number of carbonyl (C=O) groups is 1. The lowest BCUT2D eigenvalue weighted by Crippen LogP contribution is -2.47. The summed E-state index contributed by atoms with van der Waals surface area (Å²) in [5, 5.41) is 6.52. The largest absolute Gasteiger partial charge is 0.365 e. The van der Waals surface area contributed by atoms with Gasteiger partial charge in [-0.2, -0.15) is 4.98 Å². The van der Waals surface area contributed by atoms with E-state index < -0.39 is 5.91 Å². The highest BCUT2D eigenvalue weighted by Gasteiger charge is 2.28. The van der Waals surface area contributed by atoms with Crippen LogP contribution in [0.1, 0.15) is 36.5 Å². The van der Waals surface area contributed by atoms with Gasteiger partial charge >= 0.3 is 0 Å².